The summed E-state index contributed by atoms with van der Waals surface area (Å²) in [6, 6.07) is 10.8. The molecule has 0 aliphatic rings. The first kappa shape index (κ1) is 19.8. The number of nitrogens with zero attached hydrogens (tertiary/aromatic N) is 3. The van der Waals surface area contributed by atoms with E-state index in [9.17, 15) is 9.59 Å². The van der Waals surface area contributed by atoms with Crippen LogP contribution in [0.15, 0.2) is 46.3 Å². The van der Waals surface area contributed by atoms with Crippen LogP contribution in [0.4, 0.5) is 5.69 Å². The Labute approximate surface area is 167 Å². The summed E-state index contributed by atoms with van der Waals surface area (Å²) >= 11 is 1.53. The van der Waals surface area contributed by atoms with Gasteiger partial charge in [0, 0.05) is 37.2 Å². The molecule has 2 heterocycles. The number of nitrogens with one attached hydrogen (secondary N) is 1. The lowest BCUT2D eigenvalue weighted by Crippen LogP contribution is -2.30. The van der Waals surface area contributed by atoms with Gasteiger partial charge in [0.1, 0.15) is 0 Å². The first-order valence-electron chi connectivity index (χ1n) is 9.16. The fraction of sp³-hybridized carbons (Fsp3) is 0.300. The van der Waals surface area contributed by atoms with Crippen LogP contribution in [-0.2, 0) is 11.2 Å². The molecule has 7 nitrogen and oxygen atoms in total. The van der Waals surface area contributed by atoms with E-state index in [1.165, 1.54) is 11.3 Å². The van der Waals surface area contributed by atoms with Crippen molar-refractivity contribution in [3.8, 4) is 10.7 Å². The summed E-state index contributed by atoms with van der Waals surface area (Å²) in [6.45, 7) is 5.22. The van der Waals surface area contributed by atoms with Crippen molar-refractivity contribution in [1.82, 2.24) is 15.0 Å². The second-order valence-corrected chi connectivity index (χ2v) is 7.04. The number of hydrogen-bond donors (Lipinski definition) is 1. The van der Waals surface area contributed by atoms with E-state index in [1.807, 2.05) is 31.4 Å². The minimum Gasteiger partial charge on any atom is -0.339 e. The van der Waals surface area contributed by atoms with Gasteiger partial charge < -0.3 is 14.7 Å². The zero-order chi connectivity index (χ0) is 19.9. The predicted molar refractivity (Wildman–Crippen MR) is 108 cm³/mol. The van der Waals surface area contributed by atoms with E-state index < -0.39 is 0 Å². The first-order chi connectivity index (χ1) is 13.6. The van der Waals surface area contributed by atoms with Crippen LogP contribution < -0.4 is 5.32 Å². The summed E-state index contributed by atoms with van der Waals surface area (Å²) in [4.78, 5) is 31.5. The standard InChI is InChI=1S/C20H22N4O3S/c1-3-24(4-2)20(26)14-7-9-15(10-8-14)21-17(25)11-12-18-22-19(23-27-18)16-6-5-13-28-16/h5-10,13H,3-4,11-12H2,1-2H3,(H,21,25). The molecule has 0 saturated heterocycles. The smallest absolute Gasteiger partial charge is 0.253 e. The van der Waals surface area contributed by atoms with Crippen molar-refractivity contribution in [2.75, 3.05) is 18.4 Å². The molecule has 1 aromatic carbocycles. The number of hydrogen-bond acceptors (Lipinski definition) is 6. The minimum atomic E-state index is -0.154. The molecule has 2 amide bonds. The molecule has 0 aliphatic carbocycles. The van der Waals surface area contributed by atoms with Crippen LogP contribution in [0, 0.1) is 0 Å². The molecule has 2 aromatic heterocycles. The van der Waals surface area contributed by atoms with E-state index in [4.69, 9.17) is 4.52 Å². The van der Waals surface area contributed by atoms with Crippen LogP contribution in [0.3, 0.4) is 0 Å². The monoisotopic (exact) mass is 398 g/mol. The second-order valence-electron chi connectivity index (χ2n) is 6.09. The quantitative estimate of drug-likeness (QED) is 0.623. The van der Waals surface area contributed by atoms with Gasteiger partial charge in [-0.1, -0.05) is 11.2 Å². The van der Waals surface area contributed by atoms with Gasteiger partial charge in [0.05, 0.1) is 4.88 Å². The summed E-state index contributed by atoms with van der Waals surface area (Å²) in [5.41, 5.74) is 1.25. The number of aryl methyl sites for hydroxylation is 1. The number of anilines is 1. The topological polar surface area (TPSA) is 88.3 Å². The molecule has 0 fully saturated rings. The van der Waals surface area contributed by atoms with Gasteiger partial charge in [0.25, 0.3) is 5.91 Å². The molecular formula is C20H22N4O3S. The van der Waals surface area contributed by atoms with Gasteiger partial charge in [0.15, 0.2) is 0 Å². The van der Waals surface area contributed by atoms with Crippen LogP contribution >= 0.6 is 11.3 Å². The summed E-state index contributed by atoms with van der Waals surface area (Å²) in [5, 5.41) is 8.69. The Hall–Kier alpha value is -3.00. The molecule has 0 saturated carbocycles. The fourth-order valence-electron chi connectivity index (χ4n) is 2.70. The lowest BCUT2D eigenvalue weighted by Gasteiger charge is -2.18. The van der Waals surface area contributed by atoms with E-state index >= 15 is 0 Å². The van der Waals surface area contributed by atoms with E-state index in [1.54, 1.807) is 29.2 Å². The second kappa shape index (κ2) is 9.27. The average molecular weight is 398 g/mol. The van der Waals surface area contributed by atoms with Crippen LogP contribution in [0.5, 0.6) is 0 Å². The highest BCUT2D eigenvalue weighted by atomic mass is 32.1. The maximum atomic E-state index is 12.3. The average Bonchev–Trinajstić information content (AvgIpc) is 3.39. The minimum absolute atomic E-state index is 0.0131. The molecule has 0 radical (unpaired) electrons. The summed E-state index contributed by atoms with van der Waals surface area (Å²) < 4.78 is 5.20. The third-order valence-electron chi connectivity index (χ3n) is 4.24. The number of carbonyl (C=O) groups is 2. The molecule has 0 unspecified atom stereocenters. The summed E-state index contributed by atoms with van der Waals surface area (Å²) in [5.74, 6) is 0.803. The Kier molecular flexibility index (Phi) is 6.54. The van der Waals surface area contributed by atoms with Crippen molar-refractivity contribution in [2.45, 2.75) is 26.7 Å². The van der Waals surface area contributed by atoms with Crippen molar-refractivity contribution >= 4 is 28.8 Å². The molecule has 28 heavy (non-hydrogen) atoms. The van der Waals surface area contributed by atoms with Gasteiger partial charge in [-0.3, -0.25) is 9.59 Å². The molecule has 3 rings (SSSR count). The lowest BCUT2D eigenvalue weighted by molar-refractivity contribution is -0.116. The normalized spacial score (nSPS) is 10.6. The van der Waals surface area contributed by atoms with Gasteiger partial charge in [-0.05, 0) is 49.6 Å². The number of carbonyl (C=O) groups excluding carboxylic acids is 2. The highest BCUT2D eigenvalue weighted by molar-refractivity contribution is 7.13. The molecule has 1 N–H and O–H groups in total. The van der Waals surface area contributed by atoms with Crippen molar-refractivity contribution in [3.63, 3.8) is 0 Å². The summed E-state index contributed by atoms with van der Waals surface area (Å²) in [6.07, 6.45) is 0.592. The zero-order valence-corrected chi connectivity index (χ0v) is 16.7. The fourth-order valence-corrected chi connectivity index (χ4v) is 3.34. The molecule has 8 heteroatoms. The lowest BCUT2D eigenvalue weighted by atomic mass is 10.1. The van der Waals surface area contributed by atoms with Gasteiger partial charge in [0.2, 0.25) is 17.6 Å². The SMILES string of the molecule is CCN(CC)C(=O)c1ccc(NC(=O)CCc2nc(-c3cccs3)no2)cc1. The van der Waals surface area contributed by atoms with Crippen LogP contribution in [0.25, 0.3) is 10.7 Å². The van der Waals surface area contributed by atoms with E-state index in [2.05, 4.69) is 15.5 Å². The Balaban J connectivity index is 1.51. The van der Waals surface area contributed by atoms with Gasteiger partial charge in [-0.2, -0.15) is 4.98 Å². The molecule has 0 atom stereocenters. The highest BCUT2D eigenvalue weighted by Crippen LogP contribution is 2.21. The van der Waals surface area contributed by atoms with Crippen molar-refractivity contribution in [1.29, 1.82) is 0 Å². The van der Waals surface area contributed by atoms with Gasteiger partial charge in [-0.25, -0.2) is 0 Å². The van der Waals surface area contributed by atoms with Crippen molar-refractivity contribution in [3.05, 3.63) is 53.2 Å². The first-order valence-corrected chi connectivity index (χ1v) is 10.0. The van der Waals surface area contributed by atoms with Crippen LogP contribution in [-0.4, -0.2) is 39.9 Å². The van der Waals surface area contributed by atoms with E-state index in [-0.39, 0.29) is 18.2 Å². The Morgan fingerprint density at radius 3 is 2.54 bits per heavy atom. The molecular weight excluding hydrogens is 376 g/mol. The van der Waals surface area contributed by atoms with Gasteiger partial charge in [-0.15, -0.1) is 11.3 Å². The number of thiophene rings is 1. The van der Waals surface area contributed by atoms with E-state index in [0.717, 1.165) is 4.88 Å². The van der Waals surface area contributed by atoms with E-state index in [0.29, 0.717) is 42.5 Å². The predicted octanol–water partition coefficient (Wildman–Crippen LogP) is 3.85. The zero-order valence-electron chi connectivity index (χ0n) is 15.8. The largest absolute Gasteiger partial charge is 0.339 e. The Bertz CT molecular complexity index is 915. The maximum absolute atomic E-state index is 12.3. The molecule has 0 aliphatic heterocycles. The third-order valence-corrected chi connectivity index (χ3v) is 5.11. The molecule has 0 spiro atoms. The van der Waals surface area contributed by atoms with Crippen LogP contribution in [0.2, 0.25) is 0 Å². The molecule has 0 bridgehead atoms. The third kappa shape index (κ3) is 4.83. The number of amides is 2. The van der Waals surface area contributed by atoms with Gasteiger partial charge >= 0.3 is 0 Å². The maximum Gasteiger partial charge on any atom is 0.253 e. The van der Waals surface area contributed by atoms with Crippen molar-refractivity contribution < 1.29 is 14.1 Å². The van der Waals surface area contributed by atoms with Crippen LogP contribution in [0.1, 0.15) is 36.5 Å². The highest BCUT2D eigenvalue weighted by Gasteiger charge is 2.13. The number of aromatic nitrogens is 2. The summed E-state index contributed by atoms with van der Waals surface area (Å²) in [7, 11) is 0. The Morgan fingerprint density at radius 2 is 1.89 bits per heavy atom. The molecule has 146 valence electrons. The Morgan fingerprint density at radius 1 is 1.14 bits per heavy atom. The van der Waals surface area contributed by atoms with Crippen molar-refractivity contribution in [2.24, 2.45) is 0 Å². The number of benzene rings is 1. The number of rotatable bonds is 8. The molecule has 3 aromatic rings.